The predicted octanol–water partition coefficient (Wildman–Crippen LogP) is 0.857. The van der Waals surface area contributed by atoms with Gasteiger partial charge in [0.1, 0.15) is 11.6 Å². The zero-order valence-electron chi connectivity index (χ0n) is 11.1. The van der Waals surface area contributed by atoms with E-state index in [1.807, 2.05) is 6.92 Å². The molecule has 1 heterocycles. The van der Waals surface area contributed by atoms with Crippen molar-refractivity contribution in [3.8, 4) is 0 Å². The van der Waals surface area contributed by atoms with Crippen molar-refractivity contribution >= 4 is 15.8 Å². The molecule has 1 unspecified atom stereocenters. The summed E-state index contributed by atoms with van der Waals surface area (Å²) in [6.07, 6.45) is 2.39. The minimum Gasteiger partial charge on any atom is -0.334 e. The van der Waals surface area contributed by atoms with Crippen molar-refractivity contribution in [3.05, 3.63) is 12.0 Å². The highest BCUT2D eigenvalue weighted by Crippen LogP contribution is 2.10. The van der Waals surface area contributed by atoms with Crippen LogP contribution in [0.25, 0.3) is 0 Å². The number of carbonyl (C=O) groups excluding carboxylic acids is 1. The van der Waals surface area contributed by atoms with Crippen LogP contribution in [0.5, 0.6) is 0 Å². The number of nitrogens with zero attached hydrogens (tertiary/aromatic N) is 2. The molecule has 0 fully saturated rings. The Labute approximate surface area is 107 Å². The molecule has 18 heavy (non-hydrogen) atoms. The van der Waals surface area contributed by atoms with Gasteiger partial charge in [-0.15, -0.1) is 0 Å². The standard InChI is InChI=1S/C11H19N3O3S/c1-5-6-14-7-11(12-10(14)4)18(16,17)13-8(2)9(3)15/h7-8,13H,5-6H2,1-4H3. The van der Waals surface area contributed by atoms with E-state index in [1.54, 1.807) is 11.5 Å². The van der Waals surface area contributed by atoms with Gasteiger partial charge in [0.15, 0.2) is 5.03 Å². The number of aromatic nitrogens is 2. The van der Waals surface area contributed by atoms with Gasteiger partial charge in [-0.3, -0.25) is 4.79 Å². The highest BCUT2D eigenvalue weighted by atomic mass is 32.2. The Morgan fingerprint density at radius 1 is 1.56 bits per heavy atom. The molecule has 7 heteroatoms. The van der Waals surface area contributed by atoms with Crippen molar-refractivity contribution in [1.82, 2.24) is 14.3 Å². The lowest BCUT2D eigenvalue weighted by Crippen LogP contribution is -2.37. The molecular weight excluding hydrogens is 254 g/mol. The van der Waals surface area contributed by atoms with Gasteiger partial charge in [-0.2, -0.15) is 4.72 Å². The summed E-state index contributed by atoms with van der Waals surface area (Å²) >= 11 is 0. The minimum absolute atomic E-state index is 0.0402. The fraction of sp³-hybridized carbons (Fsp3) is 0.636. The van der Waals surface area contributed by atoms with Gasteiger partial charge in [0, 0.05) is 12.7 Å². The quantitative estimate of drug-likeness (QED) is 0.833. The van der Waals surface area contributed by atoms with Crippen LogP contribution in [0, 0.1) is 6.92 Å². The molecule has 0 aromatic carbocycles. The Balaban J connectivity index is 2.98. The summed E-state index contributed by atoms with van der Waals surface area (Å²) < 4.78 is 28.0. The molecule has 1 rings (SSSR count). The van der Waals surface area contributed by atoms with Gasteiger partial charge in [0.2, 0.25) is 0 Å². The number of sulfonamides is 1. The molecule has 6 nitrogen and oxygen atoms in total. The van der Waals surface area contributed by atoms with Crippen LogP contribution in [-0.4, -0.2) is 29.8 Å². The number of Topliss-reactive ketones (excluding diaryl/α,β-unsaturated/α-hetero) is 1. The molecule has 0 radical (unpaired) electrons. The fourth-order valence-electron chi connectivity index (χ4n) is 1.45. The van der Waals surface area contributed by atoms with Crippen molar-refractivity contribution in [2.75, 3.05) is 0 Å². The molecule has 0 aliphatic carbocycles. The first-order chi connectivity index (χ1) is 8.27. The second-order valence-electron chi connectivity index (χ2n) is 4.27. The predicted molar refractivity (Wildman–Crippen MR) is 67.7 cm³/mol. The van der Waals surface area contributed by atoms with Crippen molar-refractivity contribution in [2.24, 2.45) is 0 Å². The largest absolute Gasteiger partial charge is 0.334 e. The highest BCUT2D eigenvalue weighted by Gasteiger charge is 2.23. The average Bonchev–Trinajstić information content (AvgIpc) is 2.61. The zero-order valence-corrected chi connectivity index (χ0v) is 11.9. The second-order valence-corrected chi connectivity index (χ2v) is 5.93. The molecule has 0 amide bonds. The van der Waals surface area contributed by atoms with Gasteiger partial charge in [-0.05, 0) is 27.2 Å². The summed E-state index contributed by atoms with van der Waals surface area (Å²) in [4.78, 5) is 15.1. The van der Waals surface area contributed by atoms with Crippen LogP contribution < -0.4 is 4.72 Å². The number of carbonyl (C=O) groups is 1. The second kappa shape index (κ2) is 5.62. The van der Waals surface area contributed by atoms with Crippen LogP contribution in [0.4, 0.5) is 0 Å². The number of aryl methyl sites for hydroxylation is 2. The van der Waals surface area contributed by atoms with E-state index in [9.17, 15) is 13.2 Å². The Bertz CT molecular complexity index is 534. The van der Waals surface area contributed by atoms with Crippen molar-refractivity contribution in [1.29, 1.82) is 0 Å². The van der Waals surface area contributed by atoms with Gasteiger partial charge in [-0.25, -0.2) is 13.4 Å². The Morgan fingerprint density at radius 2 is 2.17 bits per heavy atom. The Kier molecular flexibility index (Phi) is 4.64. The fourth-order valence-corrected chi connectivity index (χ4v) is 2.72. The highest BCUT2D eigenvalue weighted by molar-refractivity contribution is 7.89. The van der Waals surface area contributed by atoms with Crippen LogP contribution in [0.1, 0.15) is 33.0 Å². The van der Waals surface area contributed by atoms with Crippen molar-refractivity contribution < 1.29 is 13.2 Å². The molecule has 0 bridgehead atoms. The molecule has 0 aliphatic rings. The Morgan fingerprint density at radius 3 is 2.67 bits per heavy atom. The number of nitrogens with one attached hydrogen (secondary N) is 1. The summed E-state index contributed by atoms with van der Waals surface area (Å²) in [5.41, 5.74) is 0. The third-order valence-electron chi connectivity index (χ3n) is 2.64. The summed E-state index contributed by atoms with van der Waals surface area (Å²) in [7, 11) is -3.73. The summed E-state index contributed by atoms with van der Waals surface area (Å²) in [5.74, 6) is 0.413. The molecule has 1 N–H and O–H groups in total. The maximum absolute atomic E-state index is 12.0. The first-order valence-corrected chi connectivity index (χ1v) is 7.32. The van der Waals surface area contributed by atoms with E-state index in [-0.39, 0.29) is 10.8 Å². The lowest BCUT2D eigenvalue weighted by atomic mass is 10.3. The van der Waals surface area contributed by atoms with E-state index in [0.717, 1.165) is 13.0 Å². The smallest absolute Gasteiger partial charge is 0.260 e. The van der Waals surface area contributed by atoms with E-state index in [2.05, 4.69) is 9.71 Å². The molecule has 102 valence electrons. The SMILES string of the molecule is CCCn1cc(S(=O)(=O)NC(C)C(C)=O)nc1C. The zero-order chi connectivity index (χ0) is 13.9. The molecule has 1 aromatic heterocycles. The maximum Gasteiger partial charge on any atom is 0.260 e. The number of hydrogen-bond donors (Lipinski definition) is 1. The molecule has 0 saturated carbocycles. The number of rotatable bonds is 6. The molecule has 1 aromatic rings. The van der Waals surface area contributed by atoms with E-state index in [0.29, 0.717) is 5.82 Å². The summed E-state index contributed by atoms with van der Waals surface area (Å²) in [6.45, 7) is 7.33. The van der Waals surface area contributed by atoms with Gasteiger partial charge in [0.25, 0.3) is 10.0 Å². The van der Waals surface area contributed by atoms with Gasteiger partial charge < -0.3 is 4.57 Å². The first-order valence-electron chi connectivity index (χ1n) is 5.84. The van der Waals surface area contributed by atoms with Gasteiger partial charge >= 0.3 is 0 Å². The minimum atomic E-state index is -3.73. The molecular formula is C11H19N3O3S. The monoisotopic (exact) mass is 273 g/mol. The average molecular weight is 273 g/mol. The molecule has 1 atom stereocenters. The lowest BCUT2D eigenvalue weighted by molar-refractivity contribution is -0.118. The van der Waals surface area contributed by atoms with Crippen molar-refractivity contribution in [2.45, 2.75) is 51.7 Å². The Hall–Kier alpha value is -1.21. The topological polar surface area (TPSA) is 81.1 Å². The van der Waals surface area contributed by atoms with Crippen LogP contribution in [-0.2, 0) is 21.4 Å². The van der Waals surface area contributed by atoms with Gasteiger partial charge in [0.05, 0.1) is 6.04 Å². The first kappa shape index (κ1) is 14.8. The summed E-state index contributed by atoms with van der Waals surface area (Å²) in [5, 5.41) is -0.0402. The third kappa shape index (κ3) is 3.39. The molecule has 0 aliphatic heterocycles. The van der Waals surface area contributed by atoms with Crippen LogP contribution in [0.2, 0.25) is 0 Å². The number of hydrogen-bond acceptors (Lipinski definition) is 4. The van der Waals surface area contributed by atoms with Crippen molar-refractivity contribution in [3.63, 3.8) is 0 Å². The van der Waals surface area contributed by atoms with Gasteiger partial charge in [-0.1, -0.05) is 6.92 Å². The van der Waals surface area contributed by atoms with E-state index in [1.165, 1.54) is 20.0 Å². The third-order valence-corrected chi connectivity index (χ3v) is 4.05. The number of ketones is 1. The van der Waals surface area contributed by atoms with Crippen LogP contribution in [0.15, 0.2) is 11.2 Å². The lowest BCUT2D eigenvalue weighted by Gasteiger charge is -2.08. The number of imidazole rings is 1. The molecule has 0 saturated heterocycles. The van der Waals surface area contributed by atoms with E-state index < -0.39 is 16.1 Å². The normalized spacial score (nSPS) is 13.6. The van der Waals surface area contributed by atoms with Crippen LogP contribution in [0.3, 0.4) is 0 Å². The maximum atomic E-state index is 12.0. The summed E-state index contributed by atoms with van der Waals surface area (Å²) in [6, 6.07) is -0.744. The van der Waals surface area contributed by atoms with E-state index in [4.69, 9.17) is 0 Å². The molecule has 0 spiro atoms. The van der Waals surface area contributed by atoms with E-state index >= 15 is 0 Å². The van der Waals surface area contributed by atoms with Crippen LogP contribution >= 0.6 is 0 Å².